The van der Waals surface area contributed by atoms with Crippen LogP contribution in [0.25, 0.3) is 0 Å². The number of nitrogens with zero attached hydrogens (tertiary/aromatic N) is 2. The van der Waals surface area contributed by atoms with Gasteiger partial charge in [0, 0.05) is 6.54 Å². The Hall–Kier alpha value is -1.71. The van der Waals surface area contributed by atoms with E-state index in [2.05, 4.69) is 55.0 Å². The number of aliphatic hydroxyl groups excluding tert-OH is 1. The van der Waals surface area contributed by atoms with E-state index in [9.17, 15) is 5.11 Å². The van der Waals surface area contributed by atoms with Crippen molar-refractivity contribution in [1.29, 1.82) is 0 Å². The first-order valence-corrected chi connectivity index (χ1v) is 6.86. The Balaban J connectivity index is 2.20. The SMILES string of the molecule is CN(Cc1ccccc1)C(C)(C)c1cccc(CO)n1. The lowest BCUT2D eigenvalue weighted by molar-refractivity contribution is 0.142. The molecule has 0 spiro atoms. The smallest absolute Gasteiger partial charge is 0.0853 e. The Labute approximate surface area is 120 Å². The molecule has 0 aliphatic heterocycles. The van der Waals surface area contributed by atoms with Gasteiger partial charge in [-0.3, -0.25) is 9.88 Å². The molecule has 3 heteroatoms. The molecule has 0 radical (unpaired) electrons. The molecule has 1 aromatic heterocycles. The lowest BCUT2D eigenvalue weighted by Crippen LogP contribution is -2.38. The number of hydrogen-bond donors (Lipinski definition) is 1. The Morgan fingerprint density at radius 1 is 1.05 bits per heavy atom. The lowest BCUT2D eigenvalue weighted by atomic mass is 9.96. The van der Waals surface area contributed by atoms with E-state index in [1.54, 1.807) is 0 Å². The van der Waals surface area contributed by atoms with Crippen LogP contribution in [-0.4, -0.2) is 22.0 Å². The highest BCUT2D eigenvalue weighted by Gasteiger charge is 2.27. The largest absolute Gasteiger partial charge is 0.390 e. The number of aliphatic hydroxyl groups is 1. The quantitative estimate of drug-likeness (QED) is 0.907. The Morgan fingerprint density at radius 2 is 1.75 bits per heavy atom. The second kappa shape index (κ2) is 6.16. The van der Waals surface area contributed by atoms with Crippen molar-refractivity contribution in [2.24, 2.45) is 0 Å². The summed E-state index contributed by atoms with van der Waals surface area (Å²) in [6.45, 7) is 5.14. The van der Waals surface area contributed by atoms with Gasteiger partial charge in [0.25, 0.3) is 0 Å². The second-order valence-corrected chi connectivity index (χ2v) is 5.57. The van der Waals surface area contributed by atoms with Crippen LogP contribution >= 0.6 is 0 Å². The van der Waals surface area contributed by atoms with Crippen molar-refractivity contribution in [2.75, 3.05) is 7.05 Å². The zero-order valence-corrected chi connectivity index (χ0v) is 12.4. The predicted molar refractivity (Wildman–Crippen MR) is 81.1 cm³/mol. The molecule has 106 valence electrons. The topological polar surface area (TPSA) is 36.4 Å². The summed E-state index contributed by atoms with van der Waals surface area (Å²) in [4.78, 5) is 6.80. The van der Waals surface area contributed by atoms with E-state index in [1.807, 2.05) is 24.3 Å². The molecule has 1 aromatic carbocycles. The number of rotatable bonds is 5. The van der Waals surface area contributed by atoms with Crippen LogP contribution in [0.5, 0.6) is 0 Å². The second-order valence-electron chi connectivity index (χ2n) is 5.57. The molecule has 2 rings (SSSR count). The molecule has 20 heavy (non-hydrogen) atoms. The van der Waals surface area contributed by atoms with Gasteiger partial charge in [0.15, 0.2) is 0 Å². The molecule has 0 saturated heterocycles. The predicted octanol–water partition coefficient (Wildman–Crippen LogP) is 2.94. The van der Waals surface area contributed by atoms with Gasteiger partial charge in [0.2, 0.25) is 0 Å². The molecule has 0 fully saturated rings. The van der Waals surface area contributed by atoms with Crippen LogP contribution in [0.15, 0.2) is 48.5 Å². The molecular weight excluding hydrogens is 248 g/mol. The monoisotopic (exact) mass is 270 g/mol. The minimum Gasteiger partial charge on any atom is -0.390 e. The molecule has 3 nitrogen and oxygen atoms in total. The molecule has 0 aliphatic rings. The van der Waals surface area contributed by atoms with E-state index >= 15 is 0 Å². The van der Waals surface area contributed by atoms with Gasteiger partial charge in [-0.05, 0) is 38.6 Å². The minimum absolute atomic E-state index is 0.0215. The summed E-state index contributed by atoms with van der Waals surface area (Å²) < 4.78 is 0. The van der Waals surface area contributed by atoms with Gasteiger partial charge in [-0.15, -0.1) is 0 Å². The van der Waals surface area contributed by atoms with Crippen molar-refractivity contribution < 1.29 is 5.11 Å². The Bertz CT molecular complexity index is 552. The first-order chi connectivity index (χ1) is 9.54. The van der Waals surface area contributed by atoms with Gasteiger partial charge in [0.05, 0.1) is 23.5 Å². The van der Waals surface area contributed by atoms with E-state index < -0.39 is 0 Å². The molecule has 1 heterocycles. The number of pyridine rings is 1. The van der Waals surface area contributed by atoms with Crippen LogP contribution in [0.2, 0.25) is 0 Å². The van der Waals surface area contributed by atoms with Crippen LogP contribution in [0.1, 0.15) is 30.8 Å². The molecule has 0 amide bonds. The van der Waals surface area contributed by atoms with Crippen molar-refractivity contribution >= 4 is 0 Å². The third-order valence-corrected chi connectivity index (χ3v) is 3.81. The molecule has 0 saturated carbocycles. The zero-order chi connectivity index (χ0) is 14.6. The van der Waals surface area contributed by atoms with Crippen LogP contribution in [-0.2, 0) is 18.7 Å². The molecule has 0 bridgehead atoms. The fourth-order valence-electron chi connectivity index (χ4n) is 2.16. The third-order valence-electron chi connectivity index (χ3n) is 3.81. The molecule has 1 N–H and O–H groups in total. The third kappa shape index (κ3) is 3.24. The highest BCUT2D eigenvalue weighted by molar-refractivity contribution is 5.19. The maximum Gasteiger partial charge on any atom is 0.0853 e. The summed E-state index contributed by atoms with van der Waals surface area (Å²) in [6, 6.07) is 16.2. The van der Waals surface area contributed by atoms with Gasteiger partial charge in [-0.1, -0.05) is 36.4 Å². The number of aromatic nitrogens is 1. The van der Waals surface area contributed by atoms with E-state index in [0.717, 1.165) is 12.2 Å². The Morgan fingerprint density at radius 3 is 2.40 bits per heavy atom. The molecule has 0 aliphatic carbocycles. The molecule has 2 aromatic rings. The van der Waals surface area contributed by atoms with E-state index in [4.69, 9.17) is 0 Å². The summed E-state index contributed by atoms with van der Waals surface area (Å²) in [5.74, 6) is 0. The fraction of sp³-hybridized carbons (Fsp3) is 0.353. The van der Waals surface area contributed by atoms with E-state index in [1.165, 1.54) is 5.56 Å². The van der Waals surface area contributed by atoms with Gasteiger partial charge in [-0.25, -0.2) is 0 Å². The first-order valence-electron chi connectivity index (χ1n) is 6.86. The first kappa shape index (κ1) is 14.7. The van der Waals surface area contributed by atoms with Gasteiger partial charge >= 0.3 is 0 Å². The van der Waals surface area contributed by atoms with Gasteiger partial charge in [-0.2, -0.15) is 0 Å². The fourth-order valence-corrected chi connectivity index (χ4v) is 2.16. The Kier molecular flexibility index (Phi) is 4.53. The highest BCUT2D eigenvalue weighted by atomic mass is 16.3. The number of hydrogen-bond acceptors (Lipinski definition) is 3. The minimum atomic E-state index is -0.193. The maximum atomic E-state index is 9.23. The van der Waals surface area contributed by atoms with Crippen molar-refractivity contribution in [3.05, 3.63) is 65.5 Å². The molecular formula is C17H22N2O. The van der Waals surface area contributed by atoms with Crippen LogP contribution in [0.4, 0.5) is 0 Å². The van der Waals surface area contributed by atoms with Crippen molar-refractivity contribution in [2.45, 2.75) is 32.5 Å². The van der Waals surface area contributed by atoms with Gasteiger partial charge in [0.1, 0.15) is 0 Å². The maximum absolute atomic E-state index is 9.23. The molecule has 0 atom stereocenters. The summed E-state index contributed by atoms with van der Waals surface area (Å²) >= 11 is 0. The van der Waals surface area contributed by atoms with Crippen molar-refractivity contribution in [3.63, 3.8) is 0 Å². The van der Waals surface area contributed by atoms with E-state index in [-0.39, 0.29) is 12.1 Å². The van der Waals surface area contributed by atoms with E-state index in [0.29, 0.717) is 5.69 Å². The lowest BCUT2D eigenvalue weighted by Gasteiger charge is -2.35. The average Bonchev–Trinajstić information content (AvgIpc) is 2.48. The highest BCUT2D eigenvalue weighted by Crippen LogP contribution is 2.26. The van der Waals surface area contributed by atoms with Gasteiger partial charge < -0.3 is 5.11 Å². The van der Waals surface area contributed by atoms with Crippen LogP contribution < -0.4 is 0 Å². The average molecular weight is 270 g/mol. The summed E-state index contributed by atoms with van der Waals surface area (Å²) in [5.41, 5.74) is 2.77. The summed E-state index contributed by atoms with van der Waals surface area (Å²) in [6.07, 6.45) is 0. The van der Waals surface area contributed by atoms with Crippen LogP contribution in [0.3, 0.4) is 0 Å². The summed E-state index contributed by atoms with van der Waals surface area (Å²) in [5, 5.41) is 9.23. The standard InChI is InChI=1S/C17H22N2O/c1-17(2,16-11-7-10-15(13-20)18-16)19(3)12-14-8-5-4-6-9-14/h4-11,20H,12-13H2,1-3H3. The molecule has 0 unspecified atom stereocenters. The van der Waals surface area contributed by atoms with Crippen LogP contribution in [0, 0.1) is 0 Å². The number of benzene rings is 1. The summed E-state index contributed by atoms with van der Waals surface area (Å²) in [7, 11) is 2.10. The van der Waals surface area contributed by atoms with Crippen molar-refractivity contribution in [1.82, 2.24) is 9.88 Å². The normalized spacial score (nSPS) is 11.8. The zero-order valence-electron chi connectivity index (χ0n) is 12.4. The van der Waals surface area contributed by atoms with Crippen molar-refractivity contribution in [3.8, 4) is 0 Å².